The van der Waals surface area contributed by atoms with Gasteiger partial charge in [0.1, 0.15) is 42.9 Å². The number of methoxy groups -OCH3 is 2. The van der Waals surface area contributed by atoms with Gasteiger partial charge < -0.3 is 59.8 Å². The third-order valence-corrected chi connectivity index (χ3v) is 17.8. The average molecular weight is 1340 g/mol. The summed E-state index contributed by atoms with van der Waals surface area (Å²) in [4.78, 5) is 163. The van der Waals surface area contributed by atoms with Crippen LogP contribution in [0.3, 0.4) is 0 Å². The van der Waals surface area contributed by atoms with E-state index in [0.29, 0.717) is 70.8 Å². The van der Waals surface area contributed by atoms with Gasteiger partial charge in [0.05, 0.1) is 19.6 Å². The fourth-order valence-corrected chi connectivity index (χ4v) is 12.3. The molecule has 0 unspecified atom stereocenters. The maximum atomic E-state index is 15.3. The number of fused-ring (bicyclic) bond motifs is 4. The lowest BCUT2D eigenvalue weighted by molar-refractivity contribution is -0.165. The molecule has 98 heavy (non-hydrogen) atoms. The second kappa shape index (κ2) is 34.7. The molecule has 2 bridgehead atoms. The molecule has 5 aromatic rings. The zero-order valence-electron chi connectivity index (χ0n) is 57.0. The fraction of sp³-hybridized carbons (Fsp3) is 0.427. The predicted molar refractivity (Wildman–Crippen MR) is 366 cm³/mol. The van der Waals surface area contributed by atoms with E-state index in [9.17, 15) is 47.9 Å². The Morgan fingerprint density at radius 2 is 1.34 bits per heavy atom. The zero-order valence-corrected chi connectivity index (χ0v) is 57.0. The molecule has 0 aromatic heterocycles. The number of carbonyl (C=O) groups is 11. The summed E-state index contributed by atoms with van der Waals surface area (Å²) in [5.74, 6) is -6.34. The minimum atomic E-state index is -1.52. The Labute approximate surface area is 572 Å². The van der Waals surface area contributed by atoms with Gasteiger partial charge in [0.2, 0.25) is 41.2 Å². The van der Waals surface area contributed by atoms with Gasteiger partial charge in [-0.3, -0.25) is 43.2 Å². The van der Waals surface area contributed by atoms with Crippen molar-refractivity contribution >= 4 is 76.4 Å². The van der Waals surface area contributed by atoms with Gasteiger partial charge in [0.15, 0.2) is 11.5 Å². The van der Waals surface area contributed by atoms with E-state index in [1.54, 1.807) is 122 Å². The number of cyclic esters (lactones) is 2. The summed E-state index contributed by atoms with van der Waals surface area (Å²) in [5, 5.41) is 11.4. The molecule has 6 atom stereocenters. The highest BCUT2D eigenvalue weighted by molar-refractivity contribution is 6.38. The molecule has 3 aliphatic rings. The lowest BCUT2D eigenvalue weighted by atomic mass is 9.87. The van der Waals surface area contributed by atoms with E-state index in [2.05, 4.69) is 21.3 Å². The van der Waals surface area contributed by atoms with Crippen LogP contribution in [0.25, 0.3) is 0 Å². The summed E-state index contributed by atoms with van der Waals surface area (Å²) in [6, 6.07) is 30.0. The molecule has 4 N–H and O–H groups in total. The number of hydrogen-bond acceptors (Lipinski definition) is 15. The first-order valence-electron chi connectivity index (χ1n) is 33.4. The standard InChI is InChI=1S/C75H90N8O15/c1-48(2)43-59-71(91)80(5)40-17-16-29-65(86)97-47-75(3,4)67(87)73(93)83-41-18-15-27-58(83)74(94)98-60(36-32-50-33-37-61(95-7)62(45-50)96-8)53-23-19-26-55(46-53)76-63(84)38-39-64(85)79-66(51-21-11-9-12-22-51)69(89)78-56(70(90)82-42-20-28-57(82)72(92)81(59)6)44-49-30-34-52(35-31-49)68(88)77-54-24-13-10-14-25-54/h9-14,16,19,21-26,29-31,33-35,37,45-46,48,56-60,66H,15,17-18,20,27-28,32,36,38-44,47H2,1-8H3,(H,76,84)(H,77,88)(H,78,89)(H,79,85)/b29-16+/t56-,57+,58-,59-,60+,66-/m0/s1. The number of benzene rings is 5. The van der Waals surface area contributed by atoms with Crippen LogP contribution in [0.1, 0.15) is 137 Å². The van der Waals surface area contributed by atoms with Crippen LogP contribution in [-0.2, 0) is 70.3 Å². The lowest BCUT2D eigenvalue weighted by Gasteiger charge is -2.36. The largest absolute Gasteiger partial charge is 0.493 e. The highest BCUT2D eigenvalue weighted by atomic mass is 16.5. The van der Waals surface area contributed by atoms with Crippen LogP contribution in [-0.4, -0.2) is 163 Å². The van der Waals surface area contributed by atoms with Crippen molar-refractivity contribution in [3.8, 4) is 11.5 Å². The van der Waals surface area contributed by atoms with Crippen molar-refractivity contribution in [3.63, 3.8) is 0 Å². The van der Waals surface area contributed by atoms with Crippen molar-refractivity contribution in [2.24, 2.45) is 11.3 Å². The van der Waals surface area contributed by atoms with Crippen LogP contribution in [0, 0.1) is 11.3 Å². The molecule has 3 aliphatic heterocycles. The topological polar surface area (TPSA) is 286 Å². The number of ether oxygens (including phenoxy) is 4. The van der Waals surface area contributed by atoms with Gasteiger partial charge in [0.25, 0.3) is 11.8 Å². The Morgan fingerprint density at radius 1 is 0.673 bits per heavy atom. The van der Waals surface area contributed by atoms with Crippen molar-refractivity contribution in [1.82, 2.24) is 30.2 Å². The average Bonchev–Trinajstić information content (AvgIpc) is 1.38. The van der Waals surface area contributed by atoms with E-state index in [-0.39, 0.29) is 88.7 Å². The van der Waals surface area contributed by atoms with E-state index < -0.39 is 101 Å². The Bertz CT molecular complexity index is 3710. The minimum absolute atomic E-state index is 0.0631. The van der Waals surface area contributed by atoms with Crippen LogP contribution in [0.5, 0.6) is 11.5 Å². The van der Waals surface area contributed by atoms with Crippen LogP contribution in [0.4, 0.5) is 11.4 Å². The van der Waals surface area contributed by atoms with Gasteiger partial charge in [-0.1, -0.05) is 98.8 Å². The van der Waals surface area contributed by atoms with E-state index in [4.69, 9.17) is 18.9 Å². The van der Waals surface area contributed by atoms with Crippen molar-refractivity contribution in [2.75, 3.05) is 65.2 Å². The van der Waals surface area contributed by atoms with E-state index in [1.165, 1.54) is 66.9 Å². The number of nitrogens with one attached hydrogen (secondary N) is 4. The molecule has 8 amide bonds. The number of Topliss-reactive ketones (excluding diaryl/α,β-unsaturated/α-hetero) is 1. The third kappa shape index (κ3) is 19.7. The summed E-state index contributed by atoms with van der Waals surface area (Å²) >= 11 is 0. The van der Waals surface area contributed by atoms with Gasteiger partial charge >= 0.3 is 11.9 Å². The molecule has 2 fully saturated rings. The van der Waals surface area contributed by atoms with Gasteiger partial charge in [-0.2, -0.15) is 0 Å². The first-order valence-corrected chi connectivity index (χ1v) is 33.4. The molecule has 5 aromatic carbocycles. The Morgan fingerprint density at radius 3 is 2.04 bits per heavy atom. The second-order valence-corrected chi connectivity index (χ2v) is 26.1. The molecular weight excluding hydrogens is 1250 g/mol. The van der Waals surface area contributed by atoms with Crippen LogP contribution in [0.15, 0.2) is 140 Å². The number of rotatable bonds is 12. The molecule has 23 nitrogen and oxygen atoms in total. The number of hydrogen-bond donors (Lipinski definition) is 4. The zero-order chi connectivity index (χ0) is 70.6. The van der Waals surface area contributed by atoms with Crippen LogP contribution >= 0.6 is 0 Å². The number of piperidine rings is 1. The maximum absolute atomic E-state index is 15.3. The number of nitrogens with zero attached hydrogens (tertiary/aromatic N) is 4. The summed E-state index contributed by atoms with van der Waals surface area (Å²) in [7, 11) is 6.14. The molecule has 2 saturated heterocycles. The number of ketones is 1. The third-order valence-electron chi connectivity index (χ3n) is 17.8. The monoisotopic (exact) mass is 1340 g/mol. The Balaban J connectivity index is 1.10. The number of esters is 2. The molecule has 0 aliphatic carbocycles. The second-order valence-electron chi connectivity index (χ2n) is 26.1. The minimum Gasteiger partial charge on any atom is -0.493 e. The molecule has 3 heterocycles. The molecule has 0 spiro atoms. The summed E-state index contributed by atoms with van der Waals surface area (Å²) in [6.07, 6.45) is 3.80. The number of amides is 8. The Kier molecular flexibility index (Phi) is 26.0. The van der Waals surface area contributed by atoms with Crippen molar-refractivity contribution in [2.45, 2.75) is 141 Å². The highest BCUT2D eigenvalue weighted by Crippen LogP contribution is 2.33. The molecule has 8 rings (SSSR count). The first kappa shape index (κ1) is 73.6. The molecule has 0 saturated carbocycles. The maximum Gasteiger partial charge on any atom is 0.330 e. The molecule has 520 valence electrons. The van der Waals surface area contributed by atoms with Crippen LogP contribution in [0.2, 0.25) is 0 Å². The van der Waals surface area contributed by atoms with E-state index in [1.807, 2.05) is 26.0 Å². The van der Waals surface area contributed by atoms with Gasteiger partial charge in [-0.05, 0) is 148 Å². The SMILES string of the molecule is COc1ccc(CC[C@H]2OC(=O)[C@@H]3CCCCN3C(=O)C(=O)C(C)(C)COC(=O)/C=C/CCN(C)C(=O)[C@H](CC(C)C)N(C)C(=O)[C@H]3CCCN3C(=O)[C@H](Cc3ccc(C(=O)Nc4ccccc4)cc3)NC(=O)[C@H](c3ccccc3)NC(=O)CCC(=O)Nc3cccc2c3)cc1OC. The Hall–Kier alpha value is -10.2. The fourth-order valence-electron chi connectivity index (χ4n) is 12.3. The van der Waals surface area contributed by atoms with E-state index in [0.717, 1.165) is 5.56 Å². The molecule has 0 radical (unpaired) electrons. The smallest absolute Gasteiger partial charge is 0.330 e. The quantitative estimate of drug-likeness (QED) is 0.0675. The molecular formula is C75H90N8O15. The number of likely N-dealkylation sites (N-methyl/N-ethyl adjacent to an activating group) is 2. The van der Waals surface area contributed by atoms with Gasteiger partial charge in [-0.15, -0.1) is 0 Å². The van der Waals surface area contributed by atoms with Crippen LogP contribution < -0.4 is 30.7 Å². The van der Waals surface area contributed by atoms with Crippen molar-refractivity contribution in [1.29, 1.82) is 0 Å². The predicted octanol–water partition coefficient (Wildman–Crippen LogP) is 8.28. The normalized spacial score (nSPS) is 22.2. The van der Waals surface area contributed by atoms with E-state index >= 15 is 4.79 Å². The molecule has 23 heteroatoms. The summed E-state index contributed by atoms with van der Waals surface area (Å²) in [5.41, 5.74) is 1.89. The lowest BCUT2D eigenvalue weighted by Crippen LogP contribution is -2.58. The number of para-hydroxylation sites is 1. The van der Waals surface area contributed by atoms with Gasteiger partial charge in [0, 0.05) is 76.0 Å². The van der Waals surface area contributed by atoms with Crippen molar-refractivity contribution < 1.29 is 71.7 Å². The number of anilines is 2. The first-order chi connectivity index (χ1) is 46.9. The highest BCUT2D eigenvalue weighted by Gasteiger charge is 2.44. The summed E-state index contributed by atoms with van der Waals surface area (Å²) < 4.78 is 22.9. The van der Waals surface area contributed by atoms with Gasteiger partial charge in [-0.25, -0.2) is 9.59 Å². The number of carbonyl (C=O) groups excluding carboxylic acids is 11. The van der Waals surface area contributed by atoms with Crippen molar-refractivity contribution in [3.05, 3.63) is 167 Å². The number of aryl methyl sites for hydroxylation is 1. The summed E-state index contributed by atoms with van der Waals surface area (Å²) in [6.45, 7) is 6.64.